The van der Waals surface area contributed by atoms with E-state index >= 15 is 0 Å². The van der Waals surface area contributed by atoms with Crippen LogP contribution in [-0.4, -0.2) is 105 Å². The lowest BCUT2D eigenvalue weighted by molar-refractivity contribution is -0.197. The third kappa shape index (κ3) is 6.69. The number of methoxy groups -OCH3 is 2. The number of fused-ring (bicyclic) bond motifs is 8. The van der Waals surface area contributed by atoms with Gasteiger partial charge < -0.3 is 34.9 Å². The van der Waals surface area contributed by atoms with Crippen molar-refractivity contribution in [2.75, 3.05) is 51.2 Å². The summed E-state index contributed by atoms with van der Waals surface area (Å²) in [4.78, 5) is 66.3. The maximum Gasteiger partial charge on any atom is 0.306 e. The van der Waals surface area contributed by atoms with Gasteiger partial charge in [0.15, 0.2) is 0 Å². The molecule has 62 heavy (non-hydrogen) atoms. The van der Waals surface area contributed by atoms with Gasteiger partial charge in [-0.05, 0) is 61.8 Å². The van der Waals surface area contributed by atoms with Crippen molar-refractivity contribution >= 4 is 90.4 Å². The summed E-state index contributed by atoms with van der Waals surface area (Å²) in [6.07, 6.45) is 11.1. The Morgan fingerprint density at radius 3 is 1.77 bits per heavy atom. The van der Waals surface area contributed by atoms with Gasteiger partial charge in [-0.3, -0.25) is 19.6 Å². The zero-order valence-corrected chi connectivity index (χ0v) is 35.6. The molecule has 6 aromatic heterocycles. The van der Waals surface area contributed by atoms with E-state index in [1.165, 1.54) is 16.8 Å². The summed E-state index contributed by atoms with van der Waals surface area (Å²) in [5, 5.41) is 18.2. The molecule has 2 fully saturated rings. The van der Waals surface area contributed by atoms with Crippen LogP contribution in [0.3, 0.4) is 0 Å². The number of amides is 1. The molecule has 1 amide bonds. The summed E-state index contributed by atoms with van der Waals surface area (Å²) in [5.74, 6) is 1.72. The number of aromatic nitrogens is 6. The van der Waals surface area contributed by atoms with Crippen molar-refractivity contribution in [1.82, 2.24) is 34.8 Å². The van der Waals surface area contributed by atoms with Gasteiger partial charge in [0, 0.05) is 52.3 Å². The predicted molar refractivity (Wildman–Crippen MR) is 234 cm³/mol. The Labute approximate surface area is 362 Å². The highest BCUT2D eigenvalue weighted by Gasteiger charge is 2.51. The van der Waals surface area contributed by atoms with E-state index in [0.29, 0.717) is 61.5 Å². The fourth-order valence-corrected chi connectivity index (χ4v) is 11.9. The van der Waals surface area contributed by atoms with Crippen molar-refractivity contribution in [3.8, 4) is 11.8 Å². The number of anilines is 4. The fraction of sp³-hybridized carbons (Fsp3) is 0.395. The summed E-state index contributed by atoms with van der Waals surface area (Å²) >= 11 is 3.23. The molecule has 3 N–H and O–H groups in total. The van der Waals surface area contributed by atoms with Crippen LogP contribution in [0.5, 0.6) is 11.8 Å². The minimum absolute atomic E-state index is 0.0450. The van der Waals surface area contributed by atoms with E-state index in [-0.39, 0.29) is 17.3 Å². The smallest absolute Gasteiger partial charge is 0.306 e. The number of aliphatic imine (C=N–C) groups is 2. The van der Waals surface area contributed by atoms with Gasteiger partial charge >= 0.3 is 5.97 Å². The van der Waals surface area contributed by atoms with Gasteiger partial charge in [-0.1, -0.05) is 0 Å². The van der Waals surface area contributed by atoms with E-state index in [9.17, 15) is 14.7 Å². The van der Waals surface area contributed by atoms with Gasteiger partial charge in [-0.25, -0.2) is 29.9 Å². The molecule has 6 aliphatic rings. The minimum atomic E-state index is -0.733. The molecule has 2 aliphatic carbocycles. The second-order valence-electron chi connectivity index (χ2n) is 16.6. The van der Waals surface area contributed by atoms with Crippen LogP contribution in [0, 0.1) is 17.3 Å². The SMILES string of the molecule is COc1nc2c(cc1Nc1ncnc3sc4c(c13)CC[C@H](C(=O)N1CC3(COC3)C1)C4)C=NC2.COc1nc2c(cc1Nc1ncnc3sc4c(c13)CC[C@H](C(=O)O)C4)C=NC2. The number of carbonyl (C=O) groups is 2. The molecule has 0 saturated carbocycles. The van der Waals surface area contributed by atoms with Crippen molar-refractivity contribution in [2.45, 2.75) is 51.6 Å². The van der Waals surface area contributed by atoms with Crippen LogP contribution in [-0.2, 0) is 53.1 Å². The topological polar surface area (TPSA) is 211 Å². The van der Waals surface area contributed by atoms with Crippen LogP contribution in [0.1, 0.15) is 56.2 Å². The molecule has 2 atom stereocenters. The first kappa shape index (κ1) is 38.7. The van der Waals surface area contributed by atoms with E-state index < -0.39 is 5.97 Å². The number of nitrogens with one attached hydrogen (secondary N) is 2. The number of aryl methyl sites for hydroxylation is 2. The number of hydrogen-bond acceptors (Lipinski definition) is 17. The lowest BCUT2D eigenvalue weighted by Gasteiger charge is -2.55. The highest BCUT2D eigenvalue weighted by Crippen LogP contribution is 2.45. The summed E-state index contributed by atoms with van der Waals surface area (Å²) < 4.78 is 16.3. The molecular weight excluding hydrogens is 831 g/mol. The van der Waals surface area contributed by atoms with Crippen molar-refractivity contribution in [3.63, 3.8) is 0 Å². The van der Waals surface area contributed by atoms with E-state index in [0.717, 1.165) is 110 Å². The predicted octanol–water partition coefficient (Wildman–Crippen LogP) is 5.70. The summed E-state index contributed by atoms with van der Waals surface area (Å²) in [5.41, 5.74) is 7.89. The molecule has 4 aliphatic heterocycles. The van der Waals surface area contributed by atoms with E-state index in [1.54, 1.807) is 49.4 Å². The maximum absolute atomic E-state index is 13.1. The number of pyridine rings is 2. The van der Waals surface area contributed by atoms with Crippen LogP contribution in [0.15, 0.2) is 34.8 Å². The number of aliphatic carboxylic acids is 1. The Bertz CT molecular complexity index is 2880. The van der Waals surface area contributed by atoms with Crippen LogP contribution < -0.4 is 20.1 Å². The van der Waals surface area contributed by atoms with Crippen molar-refractivity contribution < 1.29 is 28.9 Å². The molecule has 1 spiro atoms. The average Bonchev–Trinajstić information content (AvgIpc) is 4.06. The van der Waals surface area contributed by atoms with Crippen molar-refractivity contribution in [1.29, 1.82) is 0 Å². The first-order valence-corrected chi connectivity index (χ1v) is 22.2. The fourth-order valence-electron chi connectivity index (χ4n) is 9.36. The number of carboxylic acid groups (broad SMARTS) is 1. The van der Waals surface area contributed by atoms with Crippen LogP contribution in [0.4, 0.5) is 23.0 Å². The number of hydrogen-bond donors (Lipinski definition) is 3. The van der Waals surface area contributed by atoms with E-state index in [4.69, 9.17) is 14.2 Å². The minimum Gasteiger partial charge on any atom is -0.481 e. The van der Waals surface area contributed by atoms with Crippen molar-refractivity contribution in [3.05, 3.63) is 68.2 Å². The van der Waals surface area contributed by atoms with E-state index in [2.05, 4.69) is 50.5 Å². The van der Waals surface area contributed by atoms with E-state index in [1.807, 2.05) is 23.2 Å². The average molecular weight is 872 g/mol. The molecular formula is C43H41N11O6S2. The molecule has 17 nitrogen and oxygen atoms in total. The quantitative estimate of drug-likeness (QED) is 0.168. The summed E-state index contributed by atoms with van der Waals surface area (Å²) in [6, 6.07) is 3.97. The molecule has 2 saturated heterocycles. The number of thiophene rings is 2. The highest BCUT2D eigenvalue weighted by molar-refractivity contribution is 7.19. The first-order chi connectivity index (χ1) is 30.3. The Balaban J connectivity index is 0.000000142. The van der Waals surface area contributed by atoms with Gasteiger partial charge in [-0.15, -0.1) is 22.7 Å². The lowest BCUT2D eigenvalue weighted by Crippen LogP contribution is -2.68. The Morgan fingerprint density at radius 2 is 1.29 bits per heavy atom. The maximum atomic E-state index is 13.1. The third-order valence-electron chi connectivity index (χ3n) is 12.6. The zero-order chi connectivity index (χ0) is 42.1. The standard InChI is InChI=1S/C24H24N6O3S.C19H17N5O3S/c1-32-21-16(4-14-6-25-7-17(14)29-21)28-20-19-15-3-2-13(5-18(15)34-22(19)27-12-26-20)23(31)30-8-24(9-30)10-33-11-24;1-27-17-12(4-10-6-20-7-13(10)24-17)23-16-15-11-3-2-9(19(25)26)5-14(11)28-18(15)22-8-21-16/h4,6,12-13H,2-3,5,7-11H2,1H3,(H,26,27,28);4,6,8-9H,2-3,5,7H2,1H3,(H,25,26)(H,21,22,23)/t13-;9-/m00/s1. The van der Waals surface area contributed by atoms with Gasteiger partial charge in [-0.2, -0.15) is 0 Å². The highest BCUT2D eigenvalue weighted by atomic mass is 32.1. The molecule has 0 unspecified atom stereocenters. The second-order valence-corrected chi connectivity index (χ2v) is 18.7. The Hall–Kier alpha value is -6.18. The normalized spacial score (nSPS) is 19.7. The molecule has 10 heterocycles. The number of likely N-dealkylation sites (tertiary alicyclic amines) is 1. The number of nitrogens with zero attached hydrogens (tertiary/aromatic N) is 9. The van der Waals surface area contributed by atoms with Gasteiger partial charge in [0.2, 0.25) is 17.7 Å². The summed E-state index contributed by atoms with van der Waals surface area (Å²) in [6.45, 7) is 4.44. The number of carboxylic acids is 1. The molecule has 0 bridgehead atoms. The third-order valence-corrected chi connectivity index (χ3v) is 14.9. The number of carbonyl (C=O) groups excluding carboxylic acids is 1. The number of ether oxygens (including phenoxy) is 3. The Morgan fingerprint density at radius 1 is 0.774 bits per heavy atom. The molecule has 316 valence electrons. The lowest BCUT2D eigenvalue weighted by atomic mass is 9.76. The molecule has 0 radical (unpaired) electrons. The Kier molecular flexibility index (Phi) is 9.57. The largest absolute Gasteiger partial charge is 0.481 e. The molecule has 12 rings (SSSR count). The van der Waals surface area contributed by atoms with Gasteiger partial charge in [0.05, 0.1) is 74.0 Å². The first-order valence-electron chi connectivity index (χ1n) is 20.6. The van der Waals surface area contributed by atoms with Crippen LogP contribution in [0.25, 0.3) is 20.4 Å². The molecule has 0 aromatic carbocycles. The molecule has 19 heteroatoms. The summed E-state index contributed by atoms with van der Waals surface area (Å²) in [7, 11) is 3.20. The second kappa shape index (κ2) is 15.3. The molecule has 6 aromatic rings. The number of rotatable bonds is 8. The van der Waals surface area contributed by atoms with Crippen molar-refractivity contribution in [2.24, 2.45) is 27.2 Å². The zero-order valence-electron chi connectivity index (χ0n) is 33.9. The van der Waals surface area contributed by atoms with Crippen LogP contribution in [0.2, 0.25) is 0 Å². The van der Waals surface area contributed by atoms with Gasteiger partial charge in [0.1, 0.15) is 45.3 Å². The van der Waals surface area contributed by atoms with Gasteiger partial charge in [0.25, 0.3) is 0 Å². The monoisotopic (exact) mass is 871 g/mol. The van der Waals surface area contributed by atoms with Crippen LogP contribution >= 0.6 is 22.7 Å².